The van der Waals surface area contributed by atoms with E-state index in [9.17, 15) is 18.0 Å². The van der Waals surface area contributed by atoms with Crippen LogP contribution in [0.3, 0.4) is 0 Å². The van der Waals surface area contributed by atoms with Gasteiger partial charge in [-0.1, -0.05) is 37.8 Å². The van der Waals surface area contributed by atoms with Gasteiger partial charge in [0.1, 0.15) is 10.4 Å². The molecule has 1 heterocycles. The number of rotatable bonds is 9. The lowest BCUT2D eigenvalue weighted by Crippen LogP contribution is -2.62. The Morgan fingerprint density at radius 1 is 1.23 bits per heavy atom. The smallest absolute Gasteiger partial charge is 0.252 e. The molecule has 2 rings (SSSR count). The molecule has 11 heteroatoms. The summed E-state index contributed by atoms with van der Waals surface area (Å²) in [5.74, 6) is -0.626. The lowest BCUT2D eigenvalue weighted by molar-refractivity contribution is -0.130. The van der Waals surface area contributed by atoms with Crippen molar-refractivity contribution in [1.29, 1.82) is 0 Å². The van der Waals surface area contributed by atoms with E-state index < -0.39 is 26.7 Å². The number of carbonyl (C=O) groups is 2. The average molecular weight is 487 g/mol. The number of hydrogen-bond donors (Lipinski definition) is 2. The molecule has 1 fully saturated rings. The Labute approximate surface area is 194 Å². The molecule has 0 aromatic heterocycles. The van der Waals surface area contributed by atoms with Gasteiger partial charge in [-0.15, -0.1) is 0 Å². The third kappa shape index (κ3) is 6.90. The van der Waals surface area contributed by atoms with Gasteiger partial charge < -0.3 is 10.2 Å². The van der Waals surface area contributed by atoms with Crippen LogP contribution >= 0.6 is 24.0 Å². The highest BCUT2D eigenvalue weighted by Crippen LogP contribution is 2.36. The number of hydrogen-bond acceptors (Lipinski definition) is 7. The fourth-order valence-electron chi connectivity index (χ4n) is 3.22. The molecule has 0 spiro atoms. The van der Waals surface area contributed by atoms with Crippen molar-refractivity contribution in [3.05, 3.63) is 29.8 Å². The standard InChI is InChI=1S/C20H30N4O4S3/c1-6-23(7-2)12-13-24-18(26)16(20(3,4)30-19(24)29)21-17(25)14-8-10-15(11-9-14)22-31(5,27)28/h8-11,16,22H,6-7,12-13H2,1-5H3,(H,21,25). The molecule has 2 amide bonds. The monoisotopic (exact) mass is 486 g/mol. The molecule has 2 N–H and O–H groups in total. The van der Waals surface area contributed by atoms with Crippen LogP contribution < -0.4 is 10.0 Å². The number of carbonyl (C=O) groups excluding carboxylic acids is 2. The normalized spacial score (nSPS) is 18.9. The van der Waals surface area contributed by atoms with E-state index in [-0.39, 0.29) is 5.91 Å². The van der Waals surface area contributed by atoms with Crippen molar-refractivity contribution in [3.8, 4) is 0 Å². The van der Waals surface area contributed by atoms with Gasteiger partial charge in [0, 0.05) is 29.1 Å². The number of sulfonamides is 1. The molecule has 1 saturated heterocycles. The van der Waals surface area contributed by atoms with Gasteiger partial charge in [0.2, 0.25) is 10.0 Å². The summed E-state index contributed by atoms with van der Waals surface area (Å²) in [6.07, 6.45) is 1.05. The van der Waals surface area contributed by atoms with Crippen LogP contribution in [0, 0.1) is 0 Å². The minimum Gasteiger partial charge on any atom is -0.339 e. The maximum Gasteiger partial charge on any atom is 0.252 e. The van der Waals surface area contributed by atoms with Gasteiger partial charge in [0.15, 0.2) is 0 Å². The second-order valence-electron chi connectivity index (χ2n) is 7.85. The van der Waals surface area contributed by atoms with Crippen molar-refractivity contribution >= 4 is 55.8 Å². The van der Waals surface area contributed by atoms with Crippen LogP contribution in [0.5, 0.6) is 0 Å². The molecular weight excluding hydrogens is 456 g/mol. The van der Waals surface area contributed by atoms with Crippen LogP contribution in [0.4, 0.5) is 5.69 Å². The van der Waals surface area contributed by atoms with E-state index in [2.05, 4.69) is 28.8 Å². The van der Waals surface area contributed by atoms with Gasteiger partial charge in [-0.25, -0.2) is 8.42 Å². The first-order valence-electron chi connectivity index (χ1n) is 10.0. The summed E-state index contributed by atoms with van der Waals surface area (Å²) in [7, 11) is -3.40. The third-order valence-electron chi connectivity index (χ3n) is 5.04. The Morgan fingerprint density at radius 2 is 1.81 bits per heavy atom. The lowest BCUT2D eigenvalue weighted by atomic mass is 10.0. The van der Waals surface area contributed by atoms with Crippen molar-refractivity contribution in [2.24, 2.45) is 0 Å². The fraction of sp³-hybridized carbons (Fsp3) is 0.550. The van der Waals surface area contributed by atoms with E-state index in [1.165, 1.54) is 36.0 Å². The quantitative estimate of drug-likeness (QED) is 0.516. The van der Waals surface area contributed by atoms with E-state index in [0.717, 1.165) is 19.3 Å². The Morgan fingerprint density at radius 3 is 2.32 bits per heavy atom. The van der Waals surface area contributed by atoms with Gasteiger partial charge in [-0.3, -0.25) is 19.2 Å². The van der Waals surface area contributed by atoms with Gasteiger partial charge >= 0.3 is 0 Å². The maximum absolute atomic E-state index is 13.2. The third-order valence-corrected chi connectivity index (χ3v) is 7.27. The van der Waals surface area contributed by atoms with E-state index in [4.69, 9.17) is 12.2 Å². The molecule has 172 valence electrons. The zero-order chi connectivity index (χ0) is 23.4. The first-order chi connectivity index (χ1) is 14.4. The van der Waals surface area contributed by atoms with Crippen LogP contribution in [-0.4, -0.2) is 77.6 Å². The number of nitrogens with zero attached hydrogens (tertiary/aromatic N) is 2. The minimum atomic E-state index is -3.40. The maximum atomic E-state index is 13.2. The predicted octanol–water partition coefficient (Wildman–Crippen LogP) is 2.14. The van der Waals surface area contributed by atoms with Crippen LogP contribution in [0.25, 0.3) is 0 Å². The summed E-state index contributed by atoms with van der Waals surface area (Å²) >= 11 is 6.88. The summed E-state index contributed by atoms with van der Waals surface area (Å²) in [4.78, 5) is 29.8. The fourth-order valence-corrected chi connectivity index (χ4v) is 5.63. The predicted molar refractivity (Wildman–Crippen MR) is 130 cm³/mol. The Balaban J connectivity index is 2.14. The molecule has 0 bridgehead atoms. The van der Waals surface area contributed by atoms with Gasteiger partial charge in [-0.05, 0) is 51.2 Å². The number of nitrogens with one attached hydrogen (secondary N) is 2. The largest absolute Gasteiger partial charge is 0.339 e. The first-order valence-corrected chi connectivity index (χ1v) is 13.1. The van der Waals surface area contributed by atoms with Crippen LogP contribution in [0.1, 0.15) is 38.1 Å². The number of thiocarbonyl (C=S) groups is 1. The average Bonchev–Trinajstić information content (AvgIpc) is 2.66. The molecule has 0 aliphatic carbocycles. The molecule has 1 aliphatic heterocycles. The highest BCUT2D eigenvalue weighted by molar-refractivity contribution is 8.24. The van der Waals surface area contributed by atoms with E-state index in [0.29, 0.717) is 28.7 Å². The zero-order valence-corrected chi connectivity index (χ0v) is 20.9. The van der Waals surface area contributed by atoms with Crippen molar-refractivity contribution in [1.82, 2.24) is 15.1 Å². The van der Waals surface area contributed by atoms with Gasteiger partial charge in [-0.2, -0.15) is 0 Å². The first kappa shape index (κ1) is 25.6. The molecule has 1 atom stereocenters. The van der Waals surface area contributed by atoms with Crippen LogP contribution in [0.15, 0.2) is 24.3 Å². The summed E-state index contributed by atoms with van der Waals surface area (Å²) in [5.41, 5.74) is 0.687. The van der Waals surface area contributed by atoms with Crippen molar-refractivity contribution in [2.75, 3.05) is 37.2 Å². The second kappa shape index (κ2) is 10.3. The molecule has 1 aliphatic rings. The molecule has 31 heavy (non-hydrogen) atoms. The SMILES string of the molecule is CCN(CC)CCN1C(=O)C(NC(=O)c2ccc(NS(C)(=O)=O)cc2)C(C)(C)SC1=S. The van der Waals surface area contributed by atoms with Gasteiger partial charge in [0.05, 0.1) is 6.26 Å². The van der Waals surface area contributed by atoms with Crippen molar-refractivity contribution in [3.63, 3.8) is 0 Å². The van der Waals surface area contributed by atoms with Crippen molar-refractivity contribution < 1.29 is 18.0 Å². The van der Waals surface area contributed by atoms with E-state index in [1.54, 1.807) is 4.90 Å². The highest BCUT2D eigenvalue weighted by atomic mass is 32.2. The zero-order valence-electron chi connectivity index (χ0n) is 18.5. The molecule has 1 aromatic carbocycles. The number of benzene rings is 1. The highest BCUT2D eigenvalue weighted by Gasteiger charge is 2.46. The van der Waals surface area contributed by atoms with E-state index >= 15 is 0 Å². The summed E-state index contributed by atoms with van der Waals surface area (Å²) < 4.78 is 24.9. The molecule has 1 aromatic rings. The van der Waals surface area contributed by atoms with Crippen LogP contribution in [-0.2, 0) is 14.8 Å². The Kier molecular flexibility index (Phi) is 8.48. The minimum absolute atomic E-state index is 0.218. The number of thioether (sulfide) groups is 1. The van der Waals surface area contributed by atoms with Crippen molar-refractivity contribution in [2.45, 2.75) is 38.5 Å². The topological polar surface area (TPSA) is 98.8 Å². The Hall–Kier alpha value is -1.69. The second-order valence-corrected chi connectivity index (χ2v) is 11.9. The summed E-state index contributed by atoms with van der Waals surface area (Å²) in [5, 5.41) is 2.85. The van der Waals surface area contributed by atoms with Crippen LogP contribution in [0.2, 0.25) is 0 Å². The lowest BCUT2D eigenvalue weighted by Gasteiger charge is -2.43. The molecule has 8 nitrogen and oxygen atoms in total. The molecular formula is C20H30N4O4S3. The number of amides is 2. The summed E-state index contributed by atoms with van der Waals surface area (Å²) in [6, 6.07) is 5.29. The van der Waals surface area contributed by atoms with E-state index in [1.807, 2.05) is 13.8 Å². The number of likely N-dealkylation sites (N-methyl/N-ethyl adjacent to an activating group) is 1. The molecule has 1 unspecified atom stereocenters. The Bertz CT molecular complexity index is 928. The molecule has 0 saturated carbocycles. The number of anilines is 1. The summed E-state index contributed by atoms with van der Waals surface area (Å²) in [6.45, 7) is 10.8. The molecule has 0 radical (unpaired) electrons. The van der Waals surface area contributed by atoms with Gasteiger partial charge in [0.25, 0.3) is 11.8 Å².